The molecule has 4 aromatic rings. The Morgan fingerprint density at radius 3 is 2.06 bits per heavy atom. The number of nitrogens with zero attached hydrogens (tertiary/aromatic N) is 5. The van der Waals surface area contributed by atoms with E-state index in [4.69, 9.17) is 11.6 Å². The predicted octanol–water partition coefficient (Wildman–Crippen LogP) is 1.02. The normalized spacial score (nSPS) is 12.2. The Balaban J connectivity index is 0.00000625. The Hall–Kier alpha value is -3.45. The molecule has 1 aromatic heterocycles. The molecule has 4 rings (SSSR count). The van der Waals surface area contributed by atoms with Crippen LogP contribution in [-0.4, -0.2) is 66.9 Å². The van der Waals surface area contributed by atoms with E-state index in [0.717, 1.165) is 42.2 Å². The summed E-state index contributed by atoms with van der Waals surface area (Å²) < 4.78 is 130. The maximum atomic E-state index is 13.8. The van der Waals surface area contributed by atoms with Gasteiger partial charge in [0, 0.05) is 25.9 Å². The van der Waals surface area contributed by atoms with Gasteiger partial charge >= 0.3 is 35.6 Å². The molecule has 0 saturated heterocycles. The molecular formula is C24H19ClF2N6NaO11S3+. The number of anilines is 2. The van der Waals surface area contributed by atoms with E-state index in [2.05, 4.69) is 25.5 Å². The number of fused-ring (bicyclic) bond motifs is 1. The van der Waals surface area contributed by atoms with Crippen LogP contribution < -0.4 is 39.8 Å². The van der Waals surface area contributed by atoms with Crippen molar-refractivity contribution < 1.29 is 87.2 Å². The zero-order valence-electron chi connectivity index (χ0n) is 24.4. The zero-order chi connectivity index (χ0) is 35.2. The van der Waals surface area contributed by atoms with Crippen LogP contribution in [0, 0.1) is 12.0 Å². The minimum absolute atomic E-state index is 0. The molecule has 0 atom stereocenters. The summed E-state index contributed by atoms with van der Waals surface area (Å²) in [6.45, 7) is 0.750. The van der Waals surface area contributed by atoms with E-state index in [1.165, 1.54) is 7.05 Å². The maximum Gasteiger partial charge on any atom is 1.00 e. The van der Waals surface area contributed by atoms with Crippen molar-refractivity contribution in [3.63, 3.8) is 0 Å². The van der Waals surface area contributed by atoms with Crippen molar-refractivity contribution in [2.75, 3.05) is 17.3 Å². The largest absolute Gasteiger partial charge is 1.00 e. The number of azo groups is 1. The van der Waals surface area contributed by atoms with Crippen molar-refractivity contribution >= 4 is 81.5 Å². The van der Waals surface area contributed by atoms with Gasteiger partial charge in [0.25, 0.3) is 30.4 Å². The van der Waals surface area contributed by atoms with Crippen LogP contribution in [0.2, 0.25) is 5.02 Å². The molecule has 24 heteroatoms. The fraction of sp³-hybridized carbons (Fsp3) is 0.125. The summed E-state index contributed by atoms with van der Waals surface area (Å²) in [5.74, 6) is -3.72. The number of phenols is 1. The molecule has 0 fully saturated rings. The first-order valence-corrected chi connectivity index (χ1v) is 17.0. The summed E-state index contributed by atoms with van der Waals surface area (Å²) in [6, 6.07) is 5.18. The number of nitrogens with one attached hydrogen (secondary N) is 1. The number of benzene rings is 3. The predicted molar refractivity (Wildman–Crippen MR) is 159 cm³/mol. The van der Waals surface area contributed by atoms with Gasteiger partial charge in [-0.15, -0.1) is 10.2 Å². The molecule has 0 radical (unpaired) electrons. The van der Waals surface area contributed by atoms with Gasteiger partial charge in [-0.1, -0.05) is 17.7 Å². The number of hydrogen-bond donors (Lipinski definition) is 5. The second kappa shape index (κ2) is 14.2. The van der Waals surface area contributed by atoms with Crippen molar-refractivity contribution in [3.05, 3.63) is 59.0 Å². The van der Waals surface area contributed by atoms with Gasteiger partial charge in [0.15, 0.2) is 11.6 Å². The molecule has 0 aliphatic heterocycles. The minimum Gasteiger partial charge on any atom is -0.505 e. The molecule has 17 nitrogen and oxygen atoms in total. The van der Waals surface area contributed by atoms with E-state index < -0.39 is 102 Å². The molecule has 0 aliphatic carbocycles. The topological polar surface area (TPSA) is 266 Å². The molecule has 250 valence electrons. The summed E-state index contributed by atoms with van der Waals surface area (Å²) >= 11 is 5.82. The van der Waals surface area contributed by atoms with Crippen molar-refractivity contribution in [1.29, 1.82) is 0 Å². The summed E-state index contributed by atoms with van der Waals surface area (Å²) in [7, 11) is -14.3. The monoisotopic (exact) mass is 759 g/mol. The van der Waals surface area contributed by atoms with Crippen molar-refractivity contribution in [2.45, 2.75) is 28.2 Å². The number of carbonyl (C=O) groups is 1. The molecule has 1 amide bonds. The third-order valence-electron chi connectivity index (χ3n) is 6.15. The number of hydrogen-bond acceptors (Lipinski definition) is 13. The molecule has 0 spiro atoms. The van der Waals surface area contributed by atoms with Gasteiger partial charge < -0.3 is 15.3 Å². The Morgan fingerprint density at radius 1 is 0.917 bits per heavy atom. The van der Waals surface area contributed by atoms with Crippen LogP contribution >= 0.6 is 11.6 Å². The number of aromatic nitrogens is 2. The first kappa shape index (κ1) is 39.0. The summed E-state index contributed by atoms with van der Waals surface area (Å²) in [4.78, 5) is 16.0. The summed E-state index contributed by atoms with van der Waals surface area (Å²) in [5.41, 5.74) is -1.98. The quantitative estimate of drug-likeness (QED) is 0.0525. The number of phenolic OH excluding ortho intramolecular Hbond substituents is 1. The van der Waals surface area contributed by atoms with Gasteiger partial charge in [-0.05, 0) is 35.9 Å². The zero-order valence-corrected chi connectivity index (χ0v) is 29.6. The van der Waals surface area contributed by atoms with Crippen LogP contribution in [0.25, 0.3) is 10.8 Å². The molecule has 0 unspecified atom stereocenters. The second-order valence-electron chi connectivity index (χ2n) is 9.49. The first-order valence-electron chi connectivity index (χ1n) is 12.3. The van der Waals surface area contributed by atoms with E-state index in [9.17, 15) is 57.6 Å². The van der Waals surface area contributed by atoms with Gasteiger partial charge in [-0.25, -0.2) is 0 Å². The SMILES string of the molecule is CC(=O)Nc1ccc(S(=O)(=O)O)c2cc(S(=O)(=O)O)c(N=Nc3cc(CN(C)c4nc(F)nc(F)c4Cl)ccc3S(=O)(=O)O)c(O)c12.[Na+]. The fourth-order valence-electron chi connectivity index (χ4n) is 4.29. The van der Waals surface area contributed by atoms with Crippen molar-refractivity contribution in [3.8, 4) is 5.75 Å². The molecule has 0 bridgehead atoms. The van der Waals surface area contributed by atoms with Gasteiger partial charge in [0.2, 0.25) is 11.9 Å². The maximum absolute atomic E-state index is 13.8. The van der Waals surface area contributed by atoms with Crippen LogP contribution in [-0.2, 0) is 41.7 Å². The first-order chi connectivity index (χ1) is 21.6. The minimum atomic E-state index is -5.39. The molecule has 5 N–H and O–H groups in total. The standard InChI is InChI=1S/C24H19ClF2N6O11S3.Na/c1-10(34)28-13-4-6-15(45(36,37)38)12-8-17(47(42,43)44)20(21(35)18(12)13)32-31-14-7-11(3-5-16(14)46(39,40)41)9-33(2)23-19(25)22(26)29-24(27)30-23;/h3-8,35H,9H2,1-2H3,(H,28,34)(H,36,37,38)(H,39,40,41)(H,42,43,44);/q;+1. The van der Waals surface area contributed by atoms with Crippen LogP contribution in [0.1, 0.15) is 12.5 Å². The van der Waals surface area contributed by atoms with E-state index >= 15 is 0 Å². The van der Waals surface area contributed by atoms with E-state index in [0.29, 0.717) is 6.07 Å². The van der Waals surface area contributed by atoms with Gasteiger partial charge in [-0.3, -0.25) is 18.5 Å². The van der Waals surface area contributed by atoms with Crippen molar-refractivity contribution in [2.24, 2.45) is 10.2 Å². The van der Waals surface area contributed by atoms with E-state index in [1.807, 2.05) is 0 Å². The molecule has 48 heavy (non-hydrogen) atoms. The van der Waals surface area contributed by atoms with Gasteiger partial charge in [-0.2, -0.15) is 44.0 Å². The number of rotatable bonds is 9. The van der Waals surface area contributed by atoms with Crippen LogP contribution in [0.5, 0.6) is 5.75 Å². The Kier molecular flexibility index (Phi) is 11.5. The Labute approximate surface area is 297 Å². The van der Waals surface area contributed by atoms with E-state index in [-0.39, 0.29) is 47.4 Å². The molecule has 0 saturated carbocycles. The number of halogens is 3. The average molecular weight is 760 g/mol. The molecule has 3 aromatic carbocycles. The average Bonchev–Trinajstić information content (AvgIpc) is 2.92. The summed E-state index contributed by atoms with van der Waals surface area (Å²) in [6.07, 6.45) is -1.44. The van der Waals surface area contributed by atoms with Crippen LogP contribution in [0.3, 0.4) is 0 Å². The third kappa shape index (κ3) is 8.39. The van der Waals surface area contributed by atoms with Crippen LogP contribution in [0.4, 0.5) is 31.7 Å². The molecule has 1 heterocycles. The Morgan fingerprint density at radius 2 is 1.50 bits per heavy atom. The van der Waals surface area contributed by atoms with Crippen molar-refractivity contribution in [1.82, 2.24) is 9.97 Å². The fourth-order valence-corrected chi connectivity index (χ4v) is 6.45. The van der Waals surface area contributed by atoms with Gasteiger partial charge in [0.1, 0.15) is 31.1 Å². The van der Waals surface area contributed by atoms with E-state index in [1.54, 1.807) is 0 Å². The number of aromatic hydroxyl groups is 1. The van der Waals surface area contributed by atoms with Gasteiger partial charge in [0.05, 0.1) is 11.1 Å². The molecular weight excluding hydrogens is 741 g/mol. The third-order valence-corrected chi connectivity index (χ3v) is 9.15. The second-order valence-corrected chi connectivity index (χ2v) is 14.0. The van der Waals surface area contributed by atoms with Crippen LogP contribution in [0.15, 0.2) is 61.3 Å². The Bertz CT molecular complexity index is 2350. The number of carbonyl (C=O) groups excluding carboxylic acids is 1. The summed E-state index contributed by atoms with van der Waals surface area (Å²) in [5, 5.41) is 18.7. The molecule has 0 aliphatic rings. The smallest absolute Gasteiger partial charge is 0.505 e. The number of amides is 1.